The van der Waals surface area contributed by atoms with Gasteiger partial charge in [-0.2, -0.15) is 13.8 Å². The molecule has 0 aliphatic carbocycles. The lowest BCUT2D eigenvalue weighted by Crippen LogP contribution is -2.49. The highest BCUT2D eigenvalue weighted by Crippen LogP contribution is 2.32. The van der Waals surface area contributed by atoms with Crippen LogP contribution in [-0.2, 0) is 6.54 Å². The number of benzene rings is 2. The molecular weight excluding hydrogens is 508 g/mol. The van der Waals surface area contributed by atoms with Crippen molar-refractivity contribution in [3.8, 4) is 11.1 Å². The molecule has 5 nitrogen and oxygen atoms in total. The van der Waals surface area contributed by atoms with Crippen molar-refractivity contribution in [2.75, 3.05) is 31.1 Å². The van der Waals surface area contributed by atoms with E-state index in [4.69, 9.17) is 0 Å². The summed E-state index contributed by atoms with van der Waals surface area (Å²) in [5.74, 6) is -4.45. The second kappa shape index (κ2) is 10.6. The van der Waals surface area contributed by atoms with Gasteiger partial charge >= 0.3 is 0 Å². The van der Waals surface area contributed by atoms with Crippen molar-refractivity contribution < 1.29 is 22.4 Å². The van der Waals surface area contributed by atoms with E-state index in [2.05, 4.69) is 4.98 Å². The first-order valence-corrected chi connectivity index (χ1v) is 12.7. The fourth-order valence-corrected chi connectivity index (χ4v) is 4.98. The molecule has 0 saturated carbocycles. The van der Waals surface area contributed by atoms with Crippen LogP contribution in [0.25, 0.3) is 11.1 Å². The molecular formula is C30H28F4N4O. The number of halogens is 4. The fourth-order valence-electron chi connectivity index (χ4n) is 4.98. The van der Waals surface area contributed by atoms with Gasteiger partial charge in [-0.1, -0.05) is 42.0 Å². The molecule has 1 saturated heterocycles. The van der Waals surface area contributed by atoms with Gasteiger partial charge in [-0.3, -0.25) is 4.79 Å². The van der Waals surface area contributed by atoms with Gasteiger partial charge in [-0.25, -0.2) is 8.78 Å². The van der Waals surface area contributed by atoms with Crippen molar-refractivity contribution >= 4 is 11.7 Å². The summed E-state index contributed by atoms with van der Waals surface area (Å²) in [6, 6.07) is 14.1. The number of hydrogen-bond donors (Lipinski definition) is 0. The highest BCUT2D eigenvalue weighted by Gasteiger charge is 2.30. The van der Waals surface area contributed by atoms with E-state index in [0.717, 1.165) is 34.7 Å². The maximum absolute atomic E-state index is 14.6. The van der Waals surface area contributed by atoms with Crippen LogP contribution in [-0.4, -0.2) is 46.5 Å². The van der Waals surface area contributed by atoms with Crippen LogP contribution in [0.1, 0.15) is 32.7 Å². The van der Waals surface area contributed by atoms with Gasteiger partial charge in [0.2, 0.25) is 11.8 Å². The number of carbonyl (C=O) groups excluding carboxylic acids is 1. The van der Waals surface area contributed by atoms with Crippen LogP contribution in [0.2, 0.25) is 0 Å². The monoisotopic (exact) mass is 536 g/mol. The average Bonchev–Trinajstić information content (AvgIpc) is 3.26. The molecule has 0 unspecified atom stereocenters. The predicted octanol–water partition coefficient (Wildman–Crippen LogP) is 6.04. The number of hydrogen-bond acceptors (Lipinski definition) is 3. The SMILES string of the molecule is Cc1ccc(-c2c(C)cn(Cc3ccc(F)cc3)c2C(=O)N2CCN(c3nc(F)c(C)c(F)c3F)CC2)cc1. The lowest BCUT2D eigenvalue weighted by Gasteiger charge is -2.36. The Kier molecular flexibility index (Phi) is 7.16. The number of anilines is 1. The zero-order valence-corrected chi connectivity index (χ0v) is 21.9. The van der Waals surface area contributed by atoms with E-state index >= 15 is 0 Å². The smallest absolute Gasteiger partial charge is 0.271 e. The number of amides is 1. The highest BCUT2D eigenvalue weighted by molar-refractivity contribution is 6.00. The Labute approximate surface area is 224 Å². The summed E-state index contributed by atoms with van der Waals surface area (Å²) in [6.45, 7) is 6.19. The summed E-state index contributed by atoms with van der Waals surface area (Å²) in [5.41, 5.74) is 4.58. The van der Waals surface area contributed by atoms with E-state index in [-0.39, 0.29) is 37.9 Å². The molecule has 1 amide bonds. The molecule has 5 rings (SSSR count). The van der Waals surface area contributed by atoms with Crippen LogP contribution in [0, 0.1) is 44.2 Å². The first-order chi connectivity index (χ1) is 18.6. The number of rotatable bonds is 5. The van der Waals surface area contributed by atoms with Gasteiger partial charge in [0.1, 0.15) is 11.5 Å². The third-order valence-electron chi connectivity index (χ3n) is 7.18. The minimum atomic E-state index is -1.26. The van der Waals surface area contributed by atoms with Crippen LogP contribution in [0.5, 0.6) is 0 Å². The van der Waals surface area contributed by atoms with Gasteiger partial charge in [0.25, 0.3) is 5.91 Å². The summed E-state index contributed by atoms with van der Waals surface area (Å²) in [7, 11) is 0. The fraction of sp³-hybridized carbons (Fsp3) is 0.267. The van der Waals surface area contributed by atoms with Crippen LogP contribution >= 0.6 is 0 Å². The topological polar surface area (TPSA) is 41.4 Å². The van der Waals surface area contributed by atoms with Crippen molar-refractivity contribution in [2.24, 2.45) is 0 Å². The summed E-state index contributed by atoms with van der Waals surface area (Å²) >= 11 is 0. The zero-order valence-electron chi connectivity index (χ0n) is 21.9. The molecule has 0 atom stereocenters. The standard InChI is InChI=1S/C30H28F4N4O/c1-18-4-8-22(9-5-18)24-19(2)16-38(17-21-6-10-23(31)11-7-21)27(24)30(39)37-14-12-36(13-15-37)29-26(33)25(32)20(3)28(34)35-29/h4-11,16H,12-15,17H2,1-3H3. The molecule has 1 aliphatic heterocycles. The van der Waals surface area contributed by atoms with Crippen LogP contribution < -0.4 is 4.90 Å². The van der Waals surface area contributed by atoms with E-state index in [9.17, 15) is 22.4 Å². The number of aromatic nitrogens is 2. The molecule has 202 valence electrons. The van der Waals surface area contributed by atoms with E-state index in [1.54, 1.807) is 17.0 Å². The number of aryl methyl sites for hydroxylation is 2. The Morgan fingerprint density at radius 3 is 2.13 bits per heavy atom. The number of pyridine rings is 1. The normalized spacial score (nSPS) is 13.7. The first kappa shape index (κ1) is 26.5. The van der Waals surface area contributed by atoms with E-state index in [0.29, 0.717) is 12.2 Å². The minimum Gasteiger partial charge on any atom is -0.350 e. The van der Waals surface area contributed by atoms with Crippen LogP contribution in [0.4, 0.5) is 23.4 Å². The Bertz CT molecular complexity index is 1520. The molecule has 1 aliphatic rings. The Hall–Kier alpha value is -4.14. The van der Waals surface area contributed by atoms with Crippen molar-refractivity contribution in [1.82, 2.24) is 14.5 Å². The summed E-state index contributed by atoms with van der Waals surface area (Å²) in [4.78, 5) is 20.8. The quantitative estimate of drug-likeness (QED) is 0.231. The maximum Gasteiger partial charge on any atom is 0.271 e. The molecule has 0 bridgehead atoms. The molecule has 39 heavy (non-hydrogen) atoms. The van der Waals surface area contributed by atoms with Crippen molar-refractivity contribution in [2.45, 2.75) is 27.3 Å². The molecule has 0 N–H and O–H groups in total. The molecule has 9 heteroatoms. The van der Waals surface area contributed by atoms with Crippen LogP contribution in [0.3, 0.4) is 0 Å². The van der Waals surface area contributed by atoms with Gasteiger partial charge in [0.05, 0.1) is 0 Å². The highest BCUT2D eigenvalue weighted by atomic mass is 19.2. The molecule has 3 heterocycles. The van der Waals surface area contributed by atoms with Crippen LogP contribution in [0.15, 0.2) is 54.7 Å². The van der Waals surface area contributed by atoms with Crippen molar-refractivity contribution in [1.29, 1.82) is 0 Å². The molecule has 2 aromatic carbocycles. The summed E-state index contributed by atoms with van der Waals surface area (Å²) in [5, 5.41) is 0. The third kappa shape index (κ3) is 5.13. The molecule has 1 fully saturated rings. The number of piperazine rings is 1. The van der Waals surface area contributed by atoms with E-state index < -0.39 is 29.0 Å². The summed E-state index contributed by atoms with van der Waals surface area (Å²) in [6.07, 6.45) is 1.92. The number of carbonyl (C=O) groups is 1. The Morgan fingerprint density at radius 2 is 1.49 bits per heavy atom. The lowest BCUT2D eigenvalue weighted by atomic mass is 10.00. The Balaban J connectivity index is 1.46. The first-order valence-electron chi connectivity index (χ1n) is 12.7. The van der Waals surface area contributed by atoms with Crippen molar-refractivity contribution in [3.63, 3.8) is 0 Å². The van der Waals surface area contributed by atoms with E-state index in [1.807, 2.05) is 48.9 Å². The van der Waals surface area contributed by atoms with Gasteiger partial charge in [0, 0.05) is 50.0 Å². The summed E-state index contributed by atoms with van der Waals surface area (Å²) < 4.78 is 58.1. The Morgan fingerprint density at radius 1 is 0.846 bits per heavy atom. The maximum atomic E-state index is 14.6. The zero-order chi connectivity index (χ0) is 27.8. The predicted molar refractivity (Wildman–Crippen MR) is 142 cm³/mol. The largest absolute Gasteiger partial charge is 0.350 e. The van der Waals surface area contributed by atoms with Crippen molar-refractivity contribution in [3.05, 3.63) is 106 Å². The molecule has 0 spiro atoms. The second-order valence-corrected chi connectivity index (χ2v) is 9.91. The van der Waals surface area contributed by atoms with Gasteiger partial charge in [-0.05, 0) is 49.6 Å². The van der Waals surface area contributed by atoms with E-state index in [1.165, 1.54) is 17.0 Å². The van der Waals surface area contributed by atoms with Gasteiger partial charge in [0.15, 0.2) is 11.6 Å². The van der Waals surface area contributed by atoms with Gasteiger partial charge in [-0.15, -0.1) is 0 Å². The molecule has 2 aromatic heterocycles. The molecule has 4 aromatic rings. The third-order valence-corrected chi connectivity index (χ3v) is 7.18. The lowest BCUT2D eigenvalue weighted by molar-refractivity contribution is 0.0736. The minimum absolute atomic E-state index is 0.162. The second-order valence-electron chi connectivity index (χ2n) is 9.91. The average molecular weight is 537 g/mol. The van der Waals surface area contributed by atoms with Gasteiger partial charge < -0.3 is 14.4 Å². The number of nitrogens with zero attached hydrogens (tertiary/aromatic N) is 4. The molecule has 0 radical (unpaired) electrons.